The number of rotatable bonds is 2. The van der Waals surface area contributed by atoms with Gasteiger partial charge in [0.2, 0.25) is 0 Å². The minimum absolute atomic E-state index is 0.758. The molecule has 2 aromatic rings. The van der Waals surface area contributed by atoms with Crippen LogP contribution in [-0.2, 0) is 0 Å². The minimum atomic E-state index is 0.758. The molecule has 2 rings (SSSR count). The molecule has 0 saturated carbocycles. The Bertz CT molecular complexity index is 547. The fourth-order valence-corrected chi connectivity index (χ4v) is 2.21. The molecule has 0 heterocycles. The van der Waals surface area contributed by atoms with Gasteiger partial charge in [-0.3, -0.25) is 0 Å². The Morgan fingerprint density at radius 2 is 1.53 bits per heavy atom. The molecular formula is C15H15ClO. The molecule has 2 heteroatoms. The Hall–Kier alpha value is -1.47. The number of hydrogen-bond acceptors (Lipinski definition) is 1. The average molecular weight is 247 g/mol. The summed E-state index contributed by atoms with van der Waals surface area (Å²) < 4.78 is 5.38. The van der Waals surface area contributed by atoms with Crippen molar-refractivity contribution in [2.24, 2.45) is 0 Å². The number of benzene rings is 2. The highest BCUT2D eigenvalue weighted by Crippen LogP contribution is 2.35. The first-order chi connectivity index (χ1) is 8.11. The molecule has 0 spiro atoms. The molecule has 0 fully saturated rings. The van der Waals surface area contributed by atoms with Gasteiger partial charge in [0.05, 0.1) is 7.11 Å². The third-order valence-electron chi connectivity index (χ3n) is 2.77. The standard InChI is InChI=1S/C15H15ClO/c1-10-5-7-15(17-3)13(8-10)12-6-4-11(2)9-14(12)16/h4-9H,1-3H3. The summed E-state index contributed by atoms with van der Waals surface area (Å²) >= 11 is 6.29. The van der Waals surface area contributed by atoms with Gasteiger partial charge in [0.25, 0.3) is 0 Å². The highest BCUT2D eigenvalue weighted by molar-refractivity contribution is 6.33. The lowest BCUT2D eigenvalue weighted by atomic mass is 10.0. The van der Waals surface area contributed by atoms with Crippen LogP contribution in [0.15, 0.2) is 36.4 Å². The van der Waals surface area contributed by atoms with Crippen LogP contribution in [0.4, 0.5) is 0 Å². The van der Waals surface area contributed by atoms with Crippen molar-refractivity contribution in [2.45, 2.75) is 13.8 Å². The van der Waals surface area contributed by atoms with E-state index in [4.69, 9.17) is 16.3 Å². The van der Waals surface area contributed by atoms with Gasteiger partial charge in [-0.15, -0.1) is 0 Å². The maximum atomic E-state index is 6.29. The molecule has 88 valence electrons. The predicted molar refractivity (Wildman–Crippen MR) is 72.9 cm³/mol. The Labute approximate surface area is 107 Å². The van der Waals surface area contributed by atoms with Crippen LogP contribution < -0.4 is 4.74 Å². The normalized spacial score (nSPS) is 10.4. The summed E-state index contributed by atoms with van der Waals surface area (Å²) in [6.45, 7) is 4.09. The molecule has 0 N–H and O–H groups in total. The lowest BCUT2D eigenvalue weighted by molar-refractivity contribution is 0.416. The molecule has 0 aromatic heterocycles. The summed E-state index contributed by atoms with van der Waals surface area (Å²) in [5, 5.41) is 0.758. The van der Waals surface area contributed by atoms with Crippen LogP contribution in [0.2, 0.25) is 5.02 Å². The van der Waals surface area contributed by atoms with Crippen molar-refractivity contribution in [3.05, 3.63) is 52.5 Å². The van der Waals surface area contributed by atoms with Gasteiger partial charge in [-0.25, -0.2) is 0 Å². The third kappa shape index (κ3) is 2.45. The maximum absolute atomic E-state index is 6.29. The van der Waals surface area contributed by atoms with Crippen molar-refractivity contribution < 1.29 is 4.74 Å². The molecular weight excluding hydrogens is 232 g/mol. The second-order valence-electron chi connectivity index (χ2n) is 4.19. The molecule has 17 heavy (non-hydrogen) atoms. The molecule has 2 aromatic carbocycles. The zero-order chi connectivity index (χ0) is 12.4. The van der Waals surface area contributed by atoms with Crippen LogP contribution in [0.3, 0.4) is 0 Å². The summed E-state index contributed by atoms with van der Waals surface area (Å²) in [4.78, 5) is 0. The zero-order valence-electron chi connectivity index (χ0n) is 10.3. The van der Waals surface area contributed by atoms with Gasteiger partial charge in [-0.05, 0) is 37.6 Å². The first-order valence-corrected chi connectivity index (χ1v) is 5.91. The monoisotopic (exact) mass is 246 g/mol. The summed E-state index contributed by atoms with van der Waals surface area (Å²) in [7, 11) is 1.68. The fraction of sp³-hybridized carbons (Fsp3) is 0.200. The van der Waals surface area contributed by atoms with Crippen LogP contribution in [0.5, 0.6) is 5.75 Å². The molecule has 0 amide bonds. The molecule has 0 atom stereocenters. The summed E-state index contributed by atoms with van der Waals surface area (Å²) in [6.07, 6.45) is 0. The third-order valence-corrected chi connectivity index (χ3v) is 3.08. The Balaban J connectivity index is 2.62. The van der Waals surface area contributed by atoms with E-state index in [9.17, 15) is 0 Å². The highest BCUT2D eigenvalue weighted by atomic mass is 35.5. The van der Waals surface area contributed by atoms with E-state index < -0.39 is 0 Å². The lowest BCUT2D eigenvalue weighted by Crippen LogP contribution is -1.90. The van der Waals surface area contributed by atoms with Gasteiger partial charge in [-0.2, -0.15) is 0 Å². The van der Waals surface area contributed by atoms with Gasteiger partial charge in [0.15, 0.2) is 0 Å². The van der Waals surface area contributed by atoms with Crippen molar-refractivity contribution in [1.29, 1.82) is 0 Å². The van der Waals surface area contributed by atoms with E-state index in [1.807, 2.05) is 31.2 Å². The SMILES string of the molecule is COc1ccc(C)cc1-c1ccc(C)cc1Cl. The van der Waals surface area contributed by atoms with Gasteiger partial charge in [0, 0.05) is 16.1 Å². The molecule has 0 aliphatic rings. The number of halogens is 1. The van der Waals surface area contributed by atoms with Crippen LogP contribution in [0.25, 0.3) is 11.1 Å². The molecule has 0 aliphatic carbocycles. The number of ether oxygens (including phenoxy) is 1. The van der Waals surface area contributed by atoms with Gasteiger partial charge >= 0.3 is 0 Å². The second kappa shape index (κ2) is 4.80. The number of aryl methyl sites for hydroxylation is 2. The van der Waals surface area contributed by atoms with Crippen molar-refractivity contribution in [3.8, 4) is 16.9 Å². The summed E-state index contributed by atoms with van der Waals surface area (Å²) in [5.41, 5.74) is 4.40. The Morgan fingerprint density at radius 1 is 0.882 bits per heavy atom. The first kappa shape index (κ1) is 12.0. The zero-order valence-corrected chi connectivity index (χ0v) is 11.0. The quantitative estimate of drug-likeness (QED) is 0.751. The van der Waals surface area contributed by atoms with E-state index >= 15 is 0 Å². The van der Waals surface area contributed by atoms with Crippen LogP contribution in [0, 0.1) is 13.8 Å². The summed E-state index contributed by atoms with van der Waals surface area (Å²) in [5.74, 6) is 0.848. The van der Waals surface area contributed by atoms with Crippen LogP contribution in [-0.4, -0.2) is 7.11 Å². The lowest BCUT2D eigenvalue weighted by Gasteiger charge is -2.11. The van der Waals surface area contributed by atoms with Gasteiger partial charge in [-0.1, -0.05) is 35.4 Å². The van der Waals surface area contributed by atoms with Gasteiger partial charge < -0.3 is 4.74 Å². The second-order valence-corrected chi connectivity index (χ2v) is 4.59. The van der Waals surface area contributed by atoms with E-state index in [1.54, 1.807) is 7.11 Å². The topological polar surface area (TPSA) is 9.23 Å². The van der Waals surface area contributed by atoms with Crippen LogP contribution in [0.1, 0.15) is 11.1 Å². The minimum Gasteiger partial charge on any atom is -0.496 e. The number of hydrogen-bond donors (Lipinski definition) is 0. The van der Waals surface area contributed by atoms with E-state index in [-0.39, 0.29) is 0 Å². The molecule has 0 unspecified atom stereocenters. The van der Waals surface area contributed by atoms with Crippen molar-refractivity contribution >= 4 is 11.6 Å². The molecule has 0 aliphatic heterocycles. The van der Waals surface area contributed by atoms with Crippen molar-refractivity contribution in [3.63, 3.8) is 0 Å². The predicted octanol–water partition coefficient (Wildman–Crippen LogP) is 4.63. The van der Waals surface area contributed by atoms with Crippen molar-refractivity contribution in [1.82, 2.24) is 0 Å². The maximum Gasteiger partial charge on any atom is 0.126 e. The van der Waals surface area contributed by atoms with E-state index in [0.29, 0.717) is 0 Å². The van der Waals surface area contributed by atoms with E-state index in [2.05, 4.69) is 19.1 Å². The largest absolute Gasteiger partial charge is 0.496 e. The Kier molecular flexibility index (Phi) is 3.39. The summed E-state index contributed by atoms with van der Waals surface area (Å²) in [6, 6.07) is 12.2. The fourth-order valence-electron chi connectivity index (χ4n) is 1.87. The molecule has 0 radical (unpaired) electrons. The molecule has 0 bridgehead atoms. The first-order valence-electron chi connectivity index (χ1n) is 5.53. The molecule has 1 nitrogen and oxygen atoms in total. The van der Waals surface area contributed by atoms with E-state index in [0.717, 1.165) is 27.5 Å². The smallest absolute Gasteiger partial charge is 0.126 e. The van der Waals surface area contributed by atoms with Crippen molar-refractivity contribution in [2.75, 3.05) is 7.11 Å². The molecule has 0 saturated heterocycles. The highest BCUT2D eigenvalue weighted by Gasteiger charge is 2.09. The van der Waals surface area contributed by atoms with Crippen LogP contribution >= 0.6 is 11.6 Å². The van der Waals surface area contributed by atoms with E-state index in [1.165, 1.54) is 5.56 Å². The number of methoxy groups -OCH3 is 1. The average Bonchev–Trinajstić information content (AvgIpc) is 2.29. The van der Waals surface area contributed by atoms with Gasteiger partial charge in [0.1, 0.15) is 5.75 Å². The Morgan fingerprint density at radius 3 is 2.18 bits per heavy atom.